The maximum Gasteiger partial charge on any atom is 0.339 e. The van der Waals surface area contributed by atoms with Crippen molar-refractivity contribution in [3.8, 4) is 0 Å². The lowest BCUT2D eigenvalue weighted by atomic mass is 9.89. The average Bonchev–Trinajstić information content (AvgIpc) is 2.72. The van der Waals surface area contributed by atoms with Gasteiger partial charge >= 0.3 is 17.9 Å². The Kier molecular flexibility index (Phi) is 5.80. The van der Waals surface area contributed by atoms with Gasteiger partial charge < -0.3 is 19.5 Å². The minimum absolute atomic E-state index is 0.0175. The molecular weight excluding hydrogens is 414 g/mol. The predicted octanol–water partition coefficient (Wildman–Crippen LogP) is 3.02. The van der Waals surface area contributed by atoms with Gasteiger partial charge in [0, 0.05) is 11.4 Å². The van der Waals surface area contributed by atoms with Gasteiger partial charge in [-0.1, -0.05) is 11.6 Å². The zero-order valence-electron chi connectivity index (χ0n) is 16.4. The zero-order chi connectivity index (χ0) is 22.1. The van der Waals surface area contributed by atoms with E-state index in [1.807, 2.05) is 0 Å². The number of carbonyl (C=O) groups excluding carboxylic acids is 4. The van der Waals surface area contributed by atoms with Crippen molar-refractivity contribution in [2.75, 3.05) is 19.5 Å². The summed E-state index contributed by atoms with van der Waals surface area (Å²) in [4.78, 5) is 49.4. The van der Waals surface area contributed by atoms with Crippen LogP contribution in [-0.4, -0.2) is 43.6 Å². The lowest BCUT2D eigenvalue weighted by molar-refractivity contribution is -0.134. The van der Waals surface area contributed by atoms with Crippen molar-refractivity contribution < 1.29 is 33.4 Å². The molecule has 8 nitrogen and oxygen atoms in total. The molecule has 0 saturated heterocycles. The van der Waals surface area contributed by atoms with Crippen LogP contribution in [0.2, 0.25) is 5.02 Å². The van der Waals surface area contributed by atoms with Gasteiger partial charge in [0.2, 0.25) is 0 Å². The smallest absolute Gasteiger partial charge is 0.339 e. The minimum Gasteiger partial charge on any atom is -0.465 e. The normalized spacial score (nSPS) is 17.4. The summed E-state index contributed by atoms with van der Waals surface area (Å²) >= 11 is 6.01. The van der Waals surface area contributed by atoms with Gasteiger partial charge in [0.05, 0.1) is 36.6 Å². The highest BCUT2D eigenvalue weighted by Crippen LogP contribution is 2.31. The molecule has 1 aliphatic rings. The molecule has 0 aromatic heterocycles. The summed E-state index contributed by atoms with van der Waals surface area (Å²) in [5.41, 5.74) is -0.524. The molecule has 30 heavy (non-hydrogen) atoms. The Hall–Kier alpha value is -3.39. The number of esters is 3. The molecule has 156 valence electrons. The fourth-order valence-corrected chi connectivity index (χ4v) is 3.32. The number of cyclic esters (lactones) is 1. The second-order valence-corrected chi connectivity index (χ2v) is 7.23. The number of methoxy groups -OCH3 is 2. The first-order valence-corrected chi connectivity index (χ1v) is 9.20. The first-order chi connectivity index (χ1) is 14.2. The van der Waals surface area contributed by atoms with E-state index >= 15 is 0 Å². The number of carbonyl (C=O) groups is 4. The van der Waals surface area contributed by atoms with Gasteiger partial charge in [0.15, 0.2) is 5.60 Å². The molecule has 1 atom stereocenters. The van der Waals surface area contributed by atoms with E-state index in [-0.39, 0.29) is 23.2 Å². The number of fused-ring (bicyclic) bond motifs is 1. The Balaban J connectivity index is 1.95. The van der Waals surface area contributed by atoms with Crippen LogP contribution in [0.3, 0.4) is 0 Å². The molecule has 0 aliphatic carbocycles. The van der Waals surface area contributed by atoms with Crippen molar-refractivity contribution >= 4 is 41.1 Å². The molecular formula is C21H18ClNO7. The van der Waals surface area contributed by atoms with E-state index in [9.17, 15) is 19.2 Å². The van der Waals surface area contributed by atoms with Crippen LogP contribution < -0.4 is 5.32 Å². The average molecular weight is 432 g/mol. The van der Waals surface area contributed by atoms with E-state index in [4.69, 9.17) is 21.1 Å². The second-order valence-electron chi connectivity index (χ2n) is 6.80. The fraction of sp³-hybridized carbons (Fsp3) is 0.238. The molecule has 2 aromatic carbocycles. The molecule has 0 bridgehead atoms. The van der Waals surface area contributed by atoms with E-state index in [0.717, 1.165) is 0 Å². The maximum absolute atomic E-state index is 13.1. The third-order valence-electron chi connectivity index (χ3n) is 4.71. The van der Waals surface area contributed by atoms with Crippen molar-refractivity contribution in [3.05, 3.63) is 63.7 Å². The van der Waals surface area contributed by atoms with E-state index in [1.54, 1.807) is 12.1 Å². The number of amides is 1. The third kappa shape index (κ3) is 3.99. The number of nitrogens with one attached hydrogen (secondary N) is 1. The number of hydrogen-bond acceptors (Lipinski definition) is 7. The largest absolute Gasteiger partial charge is 0.465 e. The summed E-state index contributed by atoms with van der Waals surface area (Å²) in [6.07, 6.45) is 0.0741. The van der Waals surface area contributed by atoms with Crippen LogP contribution in [0.4, 0.5) is 5.69 Å². The molecule has 1 aliphatic heterocycles. The summed E-state index contributed by atoms with van der Waals surface area (Å²) < 4.78 is 14.8. The van der Waals surface area contributed by atoms with Gasteiger partial charge in [-0.3, -0.25) is 4.79 Å². The summed E-state index contributed by atoms with van der Waals surface area (Å²) in [5, 5.41) is 2.98. The second kappa shape index (κ2) is 8.16. The monoisotopic (exact) mass is 431 g/mol. The van der Waals surface area contributed by atoms with Crippen LogP contribution in [0.15, 0.2) is 36.4 Å². The molecule has 3 rings (SSSR count). The Labute approximate surface area is 177 Å². The van der Waals surface area contributed by atoms with Gasteiger partial charge in [-0.05, 0) is 48.9 Å². The van der Waals surface area contributed by atoms with Crippen LogP contribution in [0.1, 0.15) is 43.6 Å². The highest BCUT2D eigenvalue weighted by Gasteiger charge is 2.43. The molecule has 1 amide bonds. The fourth-order valence-electron chi connectivity index (χ4n) is 3.13. The van der Waals surface area contributed by atoms with Gasteiger partial charge in [0.1, 0.15) is 0 Å². The summed E-state index contributed by atoms with van der Waals surface area (Å²) in [6, 6.07) is 8.68. The van der Waals surface area contributed by atoms with Gasteiger partial charge in [-0.2, -0.15) is 0 Å². The first-order valence-electron chi connectivity index (χ1n) is 8.82. The van der Waals surface area contributed by atoms with Crippen molar-refractivity contribution in [1.29, 1.82) is 0 Å². The number of anilines is 1. The van der Waals surface area contributed by atoms with E-state index in [0.29, 0.717) is 16.1 Å². The standard InChI is InChI=1S/C21H18ClNO7/c1-21(10-12-8-13(22)5-7-14(12)19(26)30-21)20(27)23-16-9-11(17(24)28-2)4-6-15(16)18(25)29-3/h4-9H,10H2,1-3H3,(H,23,27)/t21-/m0/s1. The minimum atomic E-state index is -1.57. The van der Waals surface area contributed by atoms with Gasteiger partial charge in [-0.15, -0.1) is 0 Å². The van der Waals surface area contributed by atoms with Crippen molar-refractivity contribution in [1.82, 2.24) is 0 Å². The molecule has 0 saturated carbocycles. The summed E-state index contributed by atoms with van der Waals surface area (Å²) in [5.74, 6) is -2.72. The summed E-state index contributed by atoms with van der Waals surface area (Å²) in [7, 11) is 2.40. The lowest BCUT2D eigenvalue weighted by Gasteiger charge is -2.33. The zero-order valence-corrected chi connectivity index (χ0v) is 17.2. The molecule has 2 aromatic rings. The number of ether oxygens (including phenoxy) is 3. The van der Waals surface area contributed by atoms with Crippen LogP contribution >= 0.6 is 11.6 Å². The van der Waals surface area contributed by atoms with Crippen molar-refractivity contribution in [3.63, 3.8) is 0 Å². The molecule has 1 heterocycles. The predicted molar refractivity (Wildman–Crippen MR) is 107 cm³/mol. The van der Waals surface area contributed by atoms with E-state index < -0.39 is 29.4 Å². The highest BCUT2D eigenvalue weighted by atomic mass is 35.5. The van der Waals surface area contributed by atoms with Crippen LogP contribution in [-0.2, 0) is 25.4 Å². The van der Waals surface area contributed by atoms with E-state index in [2.05, 4.69) is 10.1 Å². The van der Waals surface area contributed by atoms with Gasteiger partial charge in [-0.25, -0.2) is 14.4 Å². The first kappa shape index (κ1) is 21.3. The van der Waals surface area contributed by atoms with E-state index in [1.165, 1.54) is 45.4 Å². The number of rotatable bonds is 4. The number of halogens is 1. The Morgan fingerprint density at radius 2 is 1.77 bits per heavy atom. The Morgan fingerprint density at radius 3 is 2.43 bits per heavy atom. The molecule has 1 N–H and O–H groups in total. The molecule has 0 fully saturated rings. The number of benzene rings is 2. The molecule has 9 heteroatoms. The quantitative estimate of drug-likeness (QED) is 0.585. The van der Waals surface area contributed by atoms with Crippen molar-refractivity contribution in [2.45, 2.75) is 18.9 Å². The van der Waals surface area contributed by atoms with Crippen LogP contribution in [0.5, 0.6) is 0 Å². The maximum atomic E-state index is 13.1. The molecule has 0 radical (unpaired) electrons. The topological polar surface area (TPSA) is 108 Å². The van der Waals surface area contributed by atoms with Crippen LogP contribution in [0, 0.1) is 0 Å². The Morgan fingerprint density at radius 1 is 1.07 bits per heavy atom. The Bertz CT molecular complexity index is 1070. The number of hydrogen-bond donors (Lipinski definition) is 1. The summed E-state index contributed by atoms with van der Waals surface area (Å²) in [6.45, 7) is 1.45. The van der Waals surface area contributed by atoms with Crippen molar-refractivity contribution in [2.24, 2.45) is 0 Å². The highest BCUT2D eigenvalue weighted by molar-refractivity contribution is 6.30. The molecule has 0 unspecified atom stereocenters. The lowest BCUT2D eigenvalue weighted by Crippen LogP contribution is -2.49. The SMILES string of the molecule is COC(=O)c1ccc(C(=O)OC)c(NC(=O)[C@]2(C)Cc3cc(Cl)ccc3C(=O)O2)c1. The third-order valence-corrected chi connectivity index (χ3v) is 4.94. The molecule has 0 spiro atoms. The van der Waals surface area contributed by atoms with Gasteiger partial charge in [0.25, 0.3) is 5.91 Å². The van der Waals surface area contributed by atoms with Crippen LogP contribution in [0.25, 0.3) is 0 Å².